The third-order valence-electron chi connectivity index (χ3n) is 3.76. The van der Waals surface area contributed by atoms with Gasteiger partial charge in [-0.1, -0.05) is 0 Å². The Kier molecular flexibility index (Phi) is 5.50. The van der Waals surface area contributed by atoms with E-state index < -0.39 is 51.2 Å². The number of nitrogens with one attached hydrogen (secondary N) is 2. The van der Waals surface area contributed by atoms with Crippen LogP contribution in [0.2, 0.25) is 0 Å². The van der Waals surface area contributed by atoms with Crippen molar-refractivity contribution in [2.75, 3.05) is 12.4 Å². The molecule has 1 amide bonds. The number of hydrogen-bond acceptors (Lipinski definition) is 5. The minimum Gasteiger partial charge on any atom is -0.491 e. The summed E-state index contributed by atoms with van der Waals surface area (Å²) < 4.78 is 64.7. The van der Waals surface area contributed by atoms with Gasteiger partial charge in [0.25, 0.3) is 5.91 Å². The van der Waals surface area contributed by atoms with Crippen LogP contribution in [-0.4, -0.2) is 18.1 Å². The minimum atomic E-state index is -1.93. The predicted molar refractivity (Wildman–Crippen MR) is 99.0 cm³/mol. The van der Waals surface area contributed by atoms with Crippen molar-refractivity contribution in [2.24, 2.45) is 0 Å². The van der Waals surface area contributed by atoms with Crippen LogP contribution in [0, 0.1) is 23.3 Å². The van der Waals surface area contributed by atoms with Crippen LogP contribution in [0.25, 0.3) is 11.0 Å². The van der Waals surface area contributed by atoms with Crippen molar-refractivity contribution in [3.8, 4) is 5.75 Å². The van der Waals surface area contributed by atoms with Crippen LogP contribution in [0.3, 0.4) is 0 Å². The van der Waals surface area contributed by atoms with Crippen molar-refractivity contribution in [2.45, 2.75) is 0 Å². The lowest BCUT2D eigenvalue weighted by molar-refractivity contribution is 0.0966. The number of anilines is 1. The molecule has 6 nitrogen and oxygen atoms in total. The Bertz CT molecular complexity index is 1180. The third kappa shape index (κ3) is 3.90. The van der Waals surface area contributed by atoms with E-state index in [4.69, 9.17) is 16.6 Å². The topological polar surface area (TPSA) is 80.6 Å². The number of fused-ring (bicyclic) bond motifs is 1. The van der Waals surface area contributed by atoms with E-state index in [0.717, 1.165) is 7.11 Å². The SMILES string of the molecule is COc1c(F)c(F)c(C(=O)NC(=S)Nc2ccc3oc(=O)ccc3c2)c(F)c1F. The van der Waals surface area contributed by atoms with Crippen molar-refractivity contribution < 1.29 is 31.5 Å². The van der Waals surface area contributed by atoms with Gasteiger partial charge >= 0.3 is 5.63 Å². The monoisotopic (exact) mass is 426 g/mol. The molecule has 29 heavy (non-hydrogen) atoms. The summed E-state index contributed by atoms with van der Waals surface area (Å²) in [7, 11) is 0.813. The first-order valence-corrected chi connectivity index (χ1v) is 8.20. The molecule has 0 bridgehead atoms. The highest BCUT2D eigenvalue weighted by atomic mass is 32.1. The summed E-state index contributed by atoms with van der Waals surface area (Å²) in [5, 5.41) is 4.62. The molecule has 1 heterocycles. The Labute approximate surface area is 165 Å². The highest BCUT2D eigenvalue weighted by Crippen LogP contribution is 2.29. The molecule has 0 saturated carbocycles. The van der Waals surface area contributed by atoms with Gasteiger partial charge in [0.2, 0.25) is 11.6 Å². The van der Waals surface area contributed by atoms with Crippen LogP contribution in [0.15, 0.2) is 39.5 Å². The minimum absolute atomic E-state index is 0.298. The molecule has 0 unspecified atom stereocenters. The van der Waals surface area contributed by atoms with E-state index in [1.165, 1.54) is 30.3 Å². The second kappa shape index (κ2) is 7.87. The Morgan fingerprint density at radius 3 is 2.31 bits per heavy atom. The number of ether oxygens (including phenoxy) is 1. The first-order valence-electron chi connectivity index (χ1n) is 7.79. The number of carbonyl (C=O) groups excluding carboxylic acids is 1. The summed E-state index contributed by atoms with van der Waals surface area (Å²) in [4.78, 5) is 23.3. The number of carbonyl (C=O) groups is 1. The van der Waals surface area contributed by atoms with Gasteiger partial charge in [-0.05, 0) is 36.5 Å². The summed E-state index contributed by atoms with van der Waals surface area (Å²) in [5.74, 6) is -10.4. The Morgan fingerprint density at radius 1 is 1.03 bits per heavy atom. The maximum absolute atomic E-state index is 14.0. The van der Waals surface area contributed by atoms with Gasteiger partial charge in [-0.3, -0.25) is 10.1 Å². The standard InChI is InChI=1S/C18H10F4N2O4S/c1-27-16-14(21)12(19)11(13(20)15(16)22)17(26)24-18(29)23-8-3-4-9-7(6-8)2-5-10(25)28-9/h2-6H,1H3,(H2,23,24,26,29). The normalized spacial score (nSPS) is 10.7. The summed E-state index contributed by atoms with van der Waals surface area (Å²) in [6.07, 6.45) is 0. The fourth-order valence-corrected chi connectivity index (χ4v) is 2.68. The fourth-order valence-electron chi connectivity index (χ4n) is 2.47. The number of hydrogen-bond donors (Lipinski definition) is 2. The number of thiocarbonyl (C=S) groups is 1. The quantitative estimate of drug-likeness (QED) is 0.289. The highest BCUT2D eigenvalue weighted by molar-refractivity contribution is 7.80. The molecule has 2 aromatic carbocycles. The van der Waals surface area contributed by atoms with Crippen LogP contribution in [0.4, 0.5) is 23.2 Å². The third-order valence-corrected chi connectivity index (χ3v) is 3.96. The number of methoxy groups -OCH3 is 1. The van der Waals surface area contributed by atoms with Gasteiger partial charge in [-0.15, -0.1) is 0 Å². The molecule has 0 aliphatic carbocycles. The van der Waals surface area contributed by atoms with Gasteiger partial charge < -0.3 is 14.5 Å². The van der Waals surface area contributed by atoms with Crippen molar-refractivity contribution in [3.63, 3.8) is 0 Å². The zero-order chi connectivity index (χ0) is 21.3. The molecule has 150 valence electrons. The molecule has 1 aromatic heterocycles. The molecule has 0 aliphatic heterocycles. The van der Waals surface area contributed by atoms with Gasteiger partial charge in [0, 0.05) is 17.1 Å². The number of rotatable bonds is 3. The molecule has 3 rings (SSSR count). The van der Waals surface area contributed by atoms with E-state index in [1.54, 1.807) is 0 Å². The maximum atomic E-state index is 14.0. The summed E-state index contributed by atoms with van der Waals surface area (Å²) in [5.41, 5.74) is -1.40. The van der Waals surface area contributed by atoms with Crippen molar-refractivity contribution in [1.82, 2.24) is 5.32 Å². The Hall–Kier alpha value is -3.47. The van der Waals surface area contributed by atoms with Crippen LogP contribution >= 0.6 is 12.2 Å². The molecule has 0 saturated heterocycles. The molecule has 0 radical (unpaired) electrons. The summed E-state index contributed by atoms with van der Waals surface area (Å²) >= 11 is 4.88. The van der Waals surface area contributed by atoms with Crippen LogP contribution in [0.1, 0.15) is 10.4 Å². The molecule has 3 aromatic rings. The smallest absolute Gasteiger partial charge is 0.336 e. The number of halogens is 4. The van der Waals surface area contributed by atoms with Crippen LogP contribution < -0.4 is 21.0 Å². The number of benzene rings is 2. The maximum Gasteiger partial charge on any atom is 0.336 e. The summed E-state index contributed by atoms with van der Waals surface area (Å²) in [6, 6.07) is 7.12. The van der Waals surface area contributed by atoms with Crippen LogP contribution in [-0.2, 0) is 0 Å². The van der Waals surface area contributed by atoms with E-state index in [0.29, 0.717) is 16.7 Å². The molecule has 11 heteroatoms. The molecule has 0 fully saturated rings. The predicted octanol–water partition coefficient (Wildman–Crippen LogP) is 3.48. The highest BCUT2D eigenvalue weighted by Gasteiger charge is 2.30. The lowest BCUT2D eigenvalue weighted by Gasteiger charge is -2.13. The van der Waals surface area contributed by atoms with Crippen molar-refractivity contribution in [3.05, 3.63) is 69.6 Å². The van der Waals surface area contributed by atoms with Gasteiger partial charge in [-0.25, -0.2) is 13.6 Å². The fraction of sp³-hybridized carbons (Fsp3) is 0.0556. The molecule has 0 aliphatic rings. The molecular weight excluding hydrogens is 416 g/mol. The van der Waals surface area contributed by atoms with E-state index in [9.17, 15) is 27.2 Å². The van der Waals surface area contributed by atoms with E-state index >= 15 is 0 Å². The van der Waals surface area contributed by atoms with Gasteiger partial charge in [-0.2, -0.15) is 8.78 Å². The van der Waals surface area contributed by atoms with Gasteiger partial charge in [0.15, 0.2) is 22.5 Å². The lowest BCUT2D eigenvalue weighted by atomic mass is 10.1. The zero-order valence-electron chi connectivity index (χ0n) is 14.4. The van der Waals surface area contributed by atoms with Gasteiger partial charge in [0.1, 0.15) is 11.1 Å². The molecule has 2 N–H and O–H groups in total. The second-order valence-electron chi connectivity index (χ2n) is 5.58. The van der Waals surface area contributed by atoms with Gasteiger partial charge in [0.05, 0.1) is 7.11 Å². The van der Waals surface area contributed by atoms with Crippen molar-refractivity contribution >= 4 is 39.9 Å². The summed E-state index contributed by atoms with van der Waals surface area (Å²) in [6.45, 7) is 0. The molecule has 0 atom stereocenters. The van der Waals surface area contributed by atoms with E-state index in [2.05, 4.69) is 10.1 Å². The first-order chi connectivity index (χ1) is 13.7. The van der Waals surface area contributed by atoms with Crippen molar-refractivity contribution in [1.29, 1.82) is 0 Å². The van der Waals surface area contributed by atoms with E-state index in [1.807, 2.05) is 5.32 Å². The zero-order valence-corrected chi connectivity index (χ0v) is 15.3. The number of amides is 1. The Morgan fingerprint density at radius 2 is 1.69 bits per heavy atom. The molecule has 0 spiro atoms. The lowest BCUT2D eigenvalue weighted by Crippen LogP contribution is -2.35. The Balaban J connectivity index is 1.82. The van der Waals surface area contributed by atoms with Crippen LogP contribution in [0.5, 0.6) is 5.75 Å². The first kappa shape index (κ1) is 20.3. The van der Waals surface area contributed by atoms with E-state index in [-0.39, 0.29) is 0 Å². The molecular formula is C18H10F4N2O4S. The second-order valence-corrected chi connectivity index (χ2v) is 5.99. The average Bonchev–Trinajstić information content (AvgIpc) is 2.67. The largest absolute Gasteiger partial charge is 0.491 e. The average molecular weight is 426 g/mol.